The van der Waals surface area contributed by atoms with Crippen molar-refractivity contribution in [1.82, 2.24) is 9.88 Å². The van der Waals surface area contributed by atoms with Crippen LogP contribution in [0.2, 0.25) is 0 Å². The number of ether oxygens (including phenoxy) is 1. The Morgan fingerprint density at radius 2 is 2.39 bits per heavy atom. The average molecular weight is 254 g/mol. The summed E-state index contributed by atoms with van der Waals surface area (Å²) >= 11 is 0. The second-order valence-electron chi connectivity index (χ2n) is 4.47. The second-order valence-corrected chi connectivity index (χ2v) is 4.47. The molecule has 0 radical (unpaired) electrons. The van der Waals surface area contributed by atoms with Crippen molar-refractivity contribution in [3.8, 4) is 0 Å². The number of carboxylic acids is 1. The highest BCUT2D eigenvalue weighted by Crippen LogP contribution is 2.22. The Hall–Kier alpha value is -1.40. The van der Waals surface area contributed by atoms with Crippen molar-refractivity contribution >= 4 is 5.97 Å². The highest BCUT2D eigenvalue weighted by Gasteiger charge is 2.37. The fourth-order valence-electron chi connectivity index (χ4n) is 2.27. The van der Waals surface area contributed by atoms with Gasteiger partial charge in [-0.3, -0.25) is 9.69 Å². The van der Waals surface area contributed by atoms with Crippen molar-refractivity contribution in [3.63, 3.8) is 0 Å². The topological polar surface area (TPSA) is 75.8 Å². The first kappa shape index (κ1) is 13.0. The summed E-state index contributed by atoms with van der Waals surface area (Å²) in [5, 5.41) is 9.17. The molecule has 2 rings (SSSR count). The van der Waals surface area contributed by atoms with Crippen molar-refractivity contribution in [2.24, 2.45) is 5.92 Å². The van der Waals surface area contributed by atoms with Gasteiger partial charge in [0.05, 0.1) is 24.8 Å². The number of hydrogen-bond acceptors (Lipinski definition) is 5. The quantitative estimate of drug-likeness (QED) is 0.841. The molecule has 6 heteroatoms. The summed E-state index contributed by atoms with van der Waals surface area (Å²) in [6, 6.07) is -0.0939. The largest absolute Gasteiger partial charge is 0.481 e. The van der Waals surface area contributed by atoms with Crippen LogP contribution in [0.3, 0.4) is 0 Å². The summed E-state index contributed by atoms with van der Waals surface area (Å²) < 4.78 is 10.5. The zero-order chi connectivity index (χ0) is 13.1. The van der Waals surface area contributed by atoms with E-state index in [1.807, 2.05) is 13.8 Å². The highest BCUT2D eigenvalue weighted by atomic mass is 16.5. The summed E-state index contributed by atoms with van der Waals surface area (Å²) in [5.41, 5.74) is 0.855. The van der Waals surface area contributed by atoms with Gasteiger partial charge in [-0.1, -0.05) is 6.92 Å². The molecule has 1 fully saturated rings. The van der Waals surface area contributed by atoms with Crippen LogP contribution in [0.5, 0.6) is 0 Å². The number of nitrogens with zero attached hydrogens (tertiary/aromatic N) is 2. The van der Waals surface area contributed by atoms with E-state index in [9.17, 15) is 4.79 Å². The van der Waals surface area contributed by atoms with Gasteiger partial charge in [-0.2, -0.15) is 0 Å². The van der Waals surface area contributed by atoms with E-state index in [1.54, 1.807) is 0 Å². The monoisotopic (exact) mass is 254 g/mol. The van der Waals surface area contributed by atoms with E-state index in [2.05, 4.69) is 9.88 Å². The molecule has 1 aromatic rings. The van der Waals surface area contributed by atoms with Crippen molar-refractivity contribution in [1.29, 1.82) is 0 Å². The zero-order valence-electron chi connectivity index (χ0n) is 10.6. The molecule has 0 saturated carbocycles. The molecule has 2 atom stereocenters. The van der Waals surface area contributed by atoms with Gasteiger partial charge < -0.3 is 14.3 Å². The fourth-order valence-corrected chi connectivity index (χ4v) is 2.27. The smallest absolute Gasteiger partial charge is 0.310 e. The lowest BCUT2D eigenvalue weighted by atomic mass is 10.0. The number of aromatic nitrogens is 1. The van der Waals surface area contributed by atoms with Gasteiger partial charge in [0.25, 0.3) is 0 Å². The standard InChI is InChI=1S/C12H18N2O4/c1-3-14(4-10-8(2)18-7-13-10)11-6-17-5-9(11)12(15)16/h7,9,11H,3-6H2,1-2H3,(H,15,16). The Morgan fingerprint density at radius 1 is 1.61 bits per heavy atom. The maximum absolute atomic E-state index is 11.2. The van der Waals surface area contributed by atoms with Gasteiger partial charge >= 0.3 is 5.97 Å². The molecule has 6 nitrogen and oxygen atoms in total. The molecular formula is C12H18N2O4. The van der Waals surface area contributed by atoms with Gasteiger partial charge in [0.2, 0.25) is 0 Å². The number of hydrogen-bond donors (Lipinski definition) is 1. The molecule has 0 aliphatic carbocycles. The Bertz CT molecular complexity index is 418. The summed E-state index contributed by atoms with van der Waals surface area (Å²) in [6.45, 7) is 5.96. The Labute approximate surface area is 106 Å². The van der Waals surface area contributed by atoms with Crippen LogP contribution in [0, 0.1) is 12.8 Å². The third-order valence-electron chi connectivity index (χ3n) is 3.44. The first-order valence-corrected chi connectivity index (χ1v) is 6.07. The molecule has 2 heterocycles. The van der Waals surface area contributed by atoms with Crippen molar-refractivity contribution in [2.75, 3.05) is 19.8 Å². The fraction of sp³-hybridized carbons (Fsp3) is 0.667. The van der Waals surface area contributed by atoms with E-state index in [0.29, 0.717) is 13.2 Å². The van der Waals surface area contributed by atoms with Crippen LogP contribution in [-0.2, 0) is 16.1 Å². The summed E-state index contributed by atoms with van der Waals surface area (Å²) in [5.74, 6) is -0.482. The Balaban J connectivity index is 2.09. The first-order valence-electron chi connectivity index (χ1n) is 6.07. The minimum Gasteiger partial charge on any atom is -0.481 e. The highest BCUT2D eigenvalue weighted by molar-refractivity contribution is 5.71. The van der Waals surface area contributed by atoms with Gasteiger partial charge in [-0.25, -0.2) is 4.98 Å². The molecular weight excluding hydrogens is 236 g/mol. The van der Waals surface area contributed by atoms with E-state index < -0.39 is 11.9 Å². The minimum absolute atomic E-state index is 0.0939. The number of carbonyl (C=O) groups is 1. The van der Waals surface area contributed by atoms with Crippen LogP contribution >= 0.6 is 0 Å². The van der Waals surface area contributed by atoms with Gasteiger partial charge in [0.1, 0.15) is 5.76 Å². The average Bonchev–Trinajstić information content (AvgIpc) is 2.95. The lowest BCUT2D eigenvalue weighted by Gasteiger charge is -2.28. The number of rotatable bonds is 5. The second kappa shape index (κ2) is 5.49. The molecule has 1 saturated heterocycles. The Morgan fingerprint density at radius 3 is 2.94 bits per heavy atom. The number of likely N-dealkylation sites (N-methyl/N-ethyl adjacent to an activating group) is 1. The van der Waals surface area contributed by atoms with Gasteiger partial charge in [-0.05, 0) is 13.5 Å². The molecule has 2 unspecified atom stereocenters. The molecule has 100 valence electrons. The molecule has 0 amide bonds. The maximum Gasteiger partial charge on any atom is 0.310 e. The van der Waals surface area contributed by atoms with E-state index in [0.717, 1.165) is 18.0 Å². The van der Waals surface area contributed by atoms with Crippen LogP contribution in [-0.4, -0.2) is 46.8 Å². The Kier molecular flexibility index (Phi) is 3.98. The predicted molar refractivity (Wildman–Crippen MR) is 63.1 cm³/mol. The number of oxazole rings is 1. The first-order chi connectivity index (χ1) is 8.63. The van der Waals surface area contributed by atoms with E-state index in [-0.39, 0.29) is 12.6 Å². The summed E-state index contributed by atoms with van der Waals surface area (Å²) in [4.78, 5) is 17.4. The van der Waals surface area contributed by atoms with E-state index in [1.165, 1.54) is 6.39 Å². The SMILES string of the molecule is CCN(Cc1ncoc1C)C1COCC1C(=O)O. The summed E-state index contributed by atoms with van der Waals surface area (Å²) in [7, 11) is 0. The van der Waals surface area contributed by atoms with Crippen LogP contribution < -0.4 is 0 Å². The summed E-state index contributed by atoms with van der Waals surface area (Å²) in [6.07, 6.45) is 1.42. The van der Waals surface area contributed by atoms with Crippen LogP contribution in [0.1, 0.15) is 18.4 Å². The van der Waals surface area contributed by atoms with Crippen molar-refractivity contribution in [3.05, 3.63) is 17.8 Å². The van der Waals surface area contributed by atoms with Gasteiger partial charge in [0.15, 0.2) is 6.39 Å². The normalized spacial score (nSPS) is 23.7. The third-order valence-corrected chi connectivity index (χ3v) is 3.44. The molecule has 0 bridgehead atoms. The van der Waals surface area contributed by atoms with Gasteiger partial charge in [0, 0.05) is 12.6 Å². The molecule has 1 aliphatic heterocycles. The molecule has 1 aromatic heterocycles. The van der Waals surface area contributed by atoms with E-state index >= 15 is 0 Å². The number of carboxylic acid groups (broad SMARTS) is 1. The zero-order valence-corrected chi connectivity index (χ0v) is 10.6. The number of aryl methyl sites for hydroxylation is 1. The minimum atomic E-state index is -0.798. The van der Waals surface area contributed by atoms with E-state index in [4.69, 9.17) is 14.3 Å². The number of aliphatic carboxylic acids is 1. The van der Waals surface area contributed by atoms with Gasteiger partial charge in [-0.15, -0.1) is 0 Å². The van der Waals surface area contributed by atoms with Crippen LogP contribution in [0.15, 0.2) is 10.8 Å². The van der Waals surface area contributed by atoms with Crippen molar-refractivity contribution in [2.45, 2.75) is 26.4 Å². The molecule has 1 aliphatic rings. The molecule has 0 aromatic carbocycles. The third kappa shape index (κ3) is 2.54. The van der Waals surface area contributed by atoms with Crippen LogP contribution in [0.25, 0.3) is 0 Å². The molecule has 0 spiro atoms. The predicted octanol–water partition coefficient (Wildman–Crippen LogP) is 0.905. The van der Waals surface area contributed by atoms with Crippen molar-refractivity contribution < 1.29 is 19.1 Å². The lowest BCUT2D eigenvalue weighted by Crippen LogP contribution is -2.42. The maximum atomic E-state index is 11.2. The lowest BCUT2D eigenvalue weighted by molar-refractivity contribution is -0.143. The molecule has 18 heavy (non-hydrogen) atoms. The van der Waals surface area contributed by atoms with Crippen LogP contribution in [0.4, 0.5) is 0 Å². The molecule has 1 N–H and O–H groups in total.